The van der Waals surface area contributed by atoms with Crippen molar-refractivity contribution in [2.75, 3.05) is 19.0 Å². The van der Waals surface area contributed by atoms with Crippen LogP contribution in [0.25, 0.3) is 0 Å². The number of carbonyl (C=O) groups is 2. The minimum absolute atomic E-state index is 0.0193. The number of anilines is 1. The first-order chi connectivity index (χ1) is 13.0. The SMILES string of the molecule is COc1ccc(NC(=O)C[C@@H]2SC(COc3ccccc3)=NC2=O)cc1Cl. The Hall–Kier alpha value is -2.51. The molecule has 0 radical (unpaired) electrons. The molecule has 3 rings (SSSR count). The van der Waals surface area contributed by atoms with Crippen molar-refractivity contribution >= 4 is 45.9 Å². The minimum Gasteiger partial charge on any atom is -0.495 e. The standard InChI is InChI=1S/C19H17ClN2O4S/c1-25-15-8-7-12(9-14(15)20)21-17(23)10-16-19(24)22-18(27-16)11-26-13-5-3-2-4-6-13/h2-9,16H,10-11H2,1H3,(H,21,23)/t16-/m0/s1. The molecule has 0 aromatic heterocycles. The number of amides is 2. The number of rotatable bonds is 7. The molecule has 1 aliphatic rings. The van der Waals surface area contributed by atoms with Crippen molar-refractivity contribution in [2.45, 2.75) is 11.7 Å². The summed E-state index contributed by atoms with van der Waals surface area (Å²) in [6.07, 6.45) is 0.0193. The quantitative estimate of drug-likeness (QED) is 0.759. The monoisotopic (exact) mass is 404 g/mol. The molecular weight excluding hydrogens is 388 g/mol. The Balaban J connectivity index is 1.50. The van der Waals surface area contributed by atoms with Gasteiger partial charge in [0.25, 0.3) is 5.91 Å². The van der Waals surface area contributed by atoms with Gasteiger partial charge < -0.3 is 14.8 Å². The maximum absolute atomic E-state index is 12.2. The second-order valence-corrected chi connectivity index (χ2v) is 7.34. The predicted octanol–water partition coefficient (Wildman–Crippen LogP) is 3.80. The van der Waals surface area contributed by atoms with E-state index < -0.39 is 5.25 Å². The molecule has 140 valence electrons. The van der Waals surface area contributed by atoms with Gasteiger partial charge in [0.15, 0.2) is 0 Å². The van der Waals surface area contributed by atoms with Gasteiger partial charge in [-0.1, -0.05) is 41.6 Å². The van der Waals surface area contributed by atoms with Crippen LogP contribution in [-0.2, 0) is 9.59 Å². The summed E-state index contributed by atoms with van der Waals surface area (Å²) in [6.45, 7) is 0.201. The molecule has 0 unspecified atom stereocenters. The summed E-state index contributed by atoms with van der Waals surface area (Å²) < 4.78 is 10.7. The Morgan fingerprint density at radius 3 is 2.74 bits per heavy atom. The van der Waals surface area contributed by atoms with E-state index in [9.17, 15) is 9.59 Å². The maximum Gasteiger partial charge on any atom is 0.260 e. The van der Waals surface area contributed by atoms with Crippen LogP contribution >= 0.6 is 23.4 Å². The normalized spacial score (nSPS) is 16.0. The van der Waals surface area contributed by atoms with Crippen molar-refractivity contribution in [3.63, 3.8) is 0 Å². The number of halogens is 1. The minimum atomic E-state index is -0.548. The topological polar surface area (TPSA) is 77.0 Å². The molecule has 0 saturated heterocycles. The lowest BCUT2D eigenvalue weighted by Crippen LogP contribution is -2.21. The number of nitrogens with zero attached hydrogens (tertiary/aromatic N) is 1. The average Bonchev–Trinajstić information content (AvgIpc) is 3.00. The second-order valence-electron chi connectivity index (χ2n) is 5.65. The number of carbonyl (C=O) groups excluding carboxylic acids is 2. The van der Waals surface area contributed by atoms with E-state index in [1.807, 2.05) is 30.3 Å². The van der Waals surface area contributed by atoms with Gasteiger partial charge in [0.2, 0.25) is 5.91 Å². The lowest BCUT2D eigenvalue weighted by molar-refractivity contribution is -0.121. The molecule has 6 nitrogen and oxygen atoms in total. The fourth-order valence-electron chi connectivity index (χ4n) is 2.42. The Morgan fingerprint density at radius 1 is 1.26 bits per heavy atom. The van der Waals surface area contributed by atoms with Crippen LogP contribution in [0, 0.1) is 0 Å². The van der Waals surface area contributed by atoms with Crippen molar-refractivity contribution in [3.8, 4) is 11.5 Å². The van der Waals surface area contributed by atoms with Crippen molar-refractivity contribution < 1.29 is 19.1 Å². The molecule has 1 heterocycles. The van der Waals surface area contributed by atoms with Gasteiger partial charge in [-0.15, -0.1) is 0 Å². The van der Waals surface area contributed by atoms with E-state index in [1.54, 1.807) is 18.2 Å². The van der Waals surface area contributed by atoms with Crippen LogP contribution in [0.2, 0.25) is 5.02 Å². The van der Waals surface area contributed by atoms with Crippen LogP contribution in [-0.4, -0.2) is 35.8 Å². The molecular formula is C19H17ClN2O4S. The molecule has 2 amide bonds. The summed E-state index contributed by atoms with van der Waals surface area (Å²) in [4.78, 5) is 28.3. The van der Waals surface area contributed by atoms with Crippen molar-refractivity contribution in [2.24, 2.45) is 4.99 Å². The van der Waals surface area contributed by atoms with Crippen LogP contribution in [0.5, 0.6) is 11.5 Å². The van der Waals surface area contributed by atoms with Crippen molar-refractivity contribution in [1.29, 1.82) is 0 Å². The zero-order valence-electron chi connectivity index (χ0n) is 14.5. The van der Waals surface area contributed by atoms with Crippen LogP contribution in [0.1, 0.15) is 6.42 Å². The largest absolute Gasteiger partial charge is 0.495 e. The van der Waals surface area contributed by atoms with Gasteiger partial charge in [-0.25, -0.2) is 4.99 Å². The van der Waals surface area contributed by atoms with E-state index in [0.29, 0.717) is 27.3 Å². The molecule has 0 aliphatic carbocycles. The molecule has 2 aromatic carbocycles. The van der Waals surface area contributed by atoms with Crippen LogP contribution in [0.4, 0.5) is 5.69 Å². The molecule has 8 heteroatoms. The Kier molecular flexibility index (Phi) is 6.36. The molecule has 1 aliphatic heterocycles. The molecule has 0 bridgehead atoms. The van der Waals surface area contributed by atoms with E-state index in [2.05, 4.69) is 10.3 Å². The van der Waals surface area contributed by atoms with Crippen LogP contribution in [0.3, 0.4) is 0 Å². The molecule has 0 saturated carbocycles. The summed E-state index contributed by atoms with van der Waals surface area (Å²) in [6, 6.07) is 14.2. The summed E-state index contributed by atoms with van der Waals surface area (Å²) in [5.41, 5.74) is 0.537. The molecule has 0 spiro atoms. The second kappa shape index (κ2) is 8.92. The third kappa shape index (κ3) is 5.24. The maximum atomic E-state index is 12.2. The number of methoxy groups -OCH3 is 1. The highest BCUT2D eigenvalue weighted by molar-refractivity contribution is 8.15. The van der Waals surface area contributed by atoms with Crippen LogP contribution in [0.15, 0.2) is 53.5 Å². The number of benzene rings is 2. The van der Waals surface area contributed by atoms with Gasteiger partial charge in [-0.05, 0) is 30.3 Å². The molecule has 1 atom stereocenters. The predicted molar refractivity (Wildman–Crippen MR) is 107 cm³/mol. The number of nitrogens with one attached hydrogen (secondary N) is 1. The Labute approximate surface area is 165 Å². The highest BCUT2D eigenvalue weighted by Gasteiger charge is 2.30. The van der Waals surface area contributed by atoms with E-state index >= 15 is 0 Å². The molecule has 2 aromatic rings. The summed E-state index contributed by atoms with van der Waals surface area (Å²) in [7, 11) is 1.52. The van der Waals surface area contributed by atoms with Crippen molar-refractivity contribution in [1.82, 2.24) is 0 Å². The average molecular weight is 405 g/mol. The van der Waals surface area contributed by atoms with Gasteiger partial charge >= 0.3 is 0 Å². The van der Waals surface area contributed by atoms with E-state index in [-0.39, 0.29) is 24.8 Å². The number of aliphatic imine (C=N–C) groups is 1. The van der Waals surface area contributed by atoms with Crippen molar-refractivity contribution in [3.05, 3.63) is 53.6 Å². The van der Waals surface area contributed by atoms with Gasteiger partial charge in [0.05, 0.1) is 12.1 Å². The number of hydrogen-bond acceptors (Lipinski definition) is 5. The lowest BCUT2D eigenvalue weighted by Gasteiger charge is -2.10. The zero-order chi connectivity index (χ0) is 19.2. The van der Waals surface area contributed by atoms with Gasteiger partial charge in [-0.3, -0.25) is 9.59 Å². The van der Waals surface area contributed by atoms with E-state index in [4.69, 9.17) is 21.1 Å². The Morgan fingerprint density at radius 2 is 2.04 bits per heavy atom. The fraction of sp³-hybridized carbons (Fsp3) is 0.211. The van der Waals surface area contributed by atoms with Crippen LogP contribution < -0.4 is 14.8 Å². The van der Waals surface area contributed by atoms with E-state index in [0.717, 1.165) is 0 Å². The van der Waals surface area contributed by atoms with Gasteiger partial charge in [0.1, 0.15) is 28.4 Å². The first-order valence-corrected chi connectivity index (χ1v) is 9.40. The number of ether oxygens (including phenoxy) is 2. The third-order valence-electron chi connectivity index (χ3n) is 3.70. The van der Waals surface area contributed by atoms with E-state index in [1.165, 1.54) is 18.9 Å². The summed E-state index contributed by atoms with van der Waals surface area (Å²) in [5, 5.41) is 3.14. The summed E-state index contributed by atoms with van der Waals surface area (Å²) >= 11 is 7.30. The van der Waals surface area contributed by atoms with Gasteiger partial charge in [0, 0.05) is 12.1 Å². The smallest absolute Gasteiger partial charge is 0.260 e. The Bertz CT molecular complexity index is 873. The number of thioether (sulfide) groups is 1. The molecule has 1 N–H and O–H groups in total. The molecule has 27 heavy (non-hydrogen) atoms. The van der Waals surface area contributed by atoms with Gasteiger partial charge in [-0.2, -0.15) is 0 Å². The molecule has 0 fully saturated rings. The first-order valence-electron chi connectivity index (χ1n) is 8.14. The summed E-state index contributed by atoms with van der Waals surface area (Å²) in [5.74, 6) is 0.607. The lowest BCUT2D eigenvalue weighted by atomic mass is 10.2. The first kappa shape index (κ1) is 19.3. The third-order valence-corrected chi connectivity index (χ3v) is 5.13. The fourth-order valence-corrected chi connectivity index (χ4v) is 3.66. The number of para-hydroxylation sites is 1. The zero-order valence-corrected chi connectivity index (χ0v) is 16.0. The highest BCUT2D eigenvalue weighted by atomic mass is 35.5. The highest BCUT2D eigenvalue weighted by Crippen LogP contribution is 2.29. The number of hydrogen-bond donors (Lipinski definition) is 1.